The first-order chi connectivity index (χ1) is 24.4. The zero-order chi connectivity index (χ0) is 37.4. The minimum atomic E-state index is -4.44. The van der Waals surface area contributed by atoms with Gasteiger partial charge >= 0.3 is 0 Å². The first-order valence-electron chi connectivity index (χ1n) is 17.2. The predicted molar refractivity (Wildman–Crippen MR) is 202 cm³/mol. The number of fused-ring (bicyclic) bond motifs is 6. The summed E-state index contributed by atoms with van der Waals surface area (Å²) >= 11 is 0. The standard InChI is InChI=1S/C40H40N2O8S2/c1-39(2)33(41(19-9-21-51(45,46)47)31-17-15-25-11-5-7-13-27(25)35(31)39)23-29-37(43)30(38(29)44)24-34-40(3,4)36-28-14-8-6-12-26(28)16-18-32(36)42(34)20-10-22-52(48,49)50/h5-8,11-18,23-24H,9-10,19-22H2,1-4H3,(H2-,43,44,45,46,47,48,49,50). The third-order valence-corrected chi connectivity index (χ3v) is 12.2. The summed E-state index contributed by atoms with van der Waals surface area (Å²) in [6, 6.07) is 23.8. The Morgan fingerprint density at radius 1 is 0.788 bits per heavy atom. The second-order valence-corrected chi connectivity index (χ2v) is 17.8. The van der Waals surface area contributed by atoms with Crippen LogP contribution in [0.25, 0.3) is 21.5 Å². The van der Waals surface area contributed by atoms with Gasteiger partial charge in [-0.05, 0) is 65.6 Å². The van der Waals surface area contributed by atoms with E-state index < -0.39 is 42.6 Å². The zero-order valence-corrected chi connectivity index (χ0v) is 31.0. The lowest BCUT2D eigenvalue weighted by Crippen LogP contribution is -2.32. The van der Waals surface area contributed by atoms with Gasteiger partial charge in [0.05, 0.1) is 32.4 Å². The maximum absolute atomic E-state index is 14.0. The molecule has 2 heterocycles. The van der Waals surface area contributed by atoms with Crippen LogP contribution >= 0.6 is 0 Å². The van der Waals surface area contributed by atoms with Crippen molar-refractivity contribution in [2.24, 2.45) is 0 Å². The molecular formula is C40H40N2O8S2. The average molecular weight is 741 g/mol. The maximum Gasteiger partial charge on any atom is 0.264 e. The molecule has 0 amide bonds. The van der Waals surface area contributed by atoms with Crippen molar-refractivity contribution in [3.8, 4) is 0 Å². The molecule has 4 aromatic carbocycles. The molecule has 3 aliphatic rings. The fourth-order valence-electron chi connectivity index (χ4n) is 8.26. The van der Waals surface area contributed by atoms with E-state index in [0.29, 0.717) is 11.4 Å². The van der Waals surface area contributed by atoms with Crippen molar-refractivity contribution in [3.05, 3.63) is 119 Å². The molecule has 270 valence electrons. The molecule has 2 aliphatic heterocycles. The van der Waals surface area contributed by atoms with Crippen LogP contribution in [0.4, 0.5) is 11.4 Å². The molecular weight excluding hydrogens is 701 g/mol. The molecule has 0 bridgehead atoms. The number of hydrogen-bond acceptors (Lipinski definition) is 8. The van der Waals surface area contributed by atoms with E-state index in [-0.39, 0.29) is 48.6 Å². The molecule has 7 rings (SSSR count). The van der Waals surface area contributed by atoms with E-state index in [4.69, 9.17) is 0 Å². The molecule has 10 nitrogen and oxygen atoms in total. The number of Topliss-reactive ketones (excluding diaryl/α,β-unsaturated/α-hetero) is 1. The van der Waals surface area contributed by atoms with Crippen LogP contribution in [0.5, 0.6) is 0 Å². The number of carbonyl (C=O) groups excluding carboxylic acids is 1. The van der Waals surface area contributed by atoms with Gasteiger partial charge in [-0.3, -0.25) is 9.35 Å². The first kappa shape index (κ1) is 35.8. The molecule has 0 saturated heterocycles. The van der Waals surface area contributed by atoms with E-state index in [9.17, 15) is 35.8 Å². The van der Waals surface area contributed by atoms with Crippen molar-refractivity contribution >= 4 is 64.7 Å². The molecule has 0 atom stereocenters. The number of anilines is 1. The highest BCUT2D eigenvalue weighted by Gasteiger charge is 2.48. The Kier molecular flexibility index (Phi) is 8.60. The van der Waals surface area contributed by atoms with E-state index in [2.05, 4.69) is 0 Å². The molecule has 2 N–H and O–H groups in total. The average Bonchev–Trinajstić information content (AvgIpc) is 3.43. The minimum absolute atomic E-state index is 0.0751. The van der Waals surface area contributed by atoms with Crippen molar-refractivity contribution < 1.29 is 40.4 Å². The molecule has 0 unspecified atom stereocenters. The first-order valence-corrected chi connectivity index (χ1v) is 20.4. The van der Waals surface area contributed by atoms with Crippen LogP contribution in [0, 0.1) is 0 Å². The molecule has 0 aromatic heterocycles. The van der Waals surface area contributed by atoms with Crippen LogP contribution in [0.3, 0.4) is 0 Å². The van der Waals surface area contributed by atoms with Gasteiger partial charge in [0.15, 0.2) is 5.71 Å². The summed E-state index contributed by atoms with van der Waals surface area (Å²) in [5, 5.41) is 15.7. The third kappa shape index (κ3) is 6.07. The smallest absolute Gasteiger partial charge is 0.264 e. The summed E-state index contributed by atoms with van der Waals surface area (Å²) in [7, 11) is -8.64. The number of aliphatic hydroxyl groups is 1. The molecule has 0 fully saturated rings. The highest BCUT2D eigenvalue weighted by molar-refractivity contribution is 7.85. The van der Waals surface area contributed by atoms with Crippen LogP contribution in [0.15, 0.2) is 108 Å². The Bertz CT molecular complexity index is 2560. The van der Waals surface area contributed by atoms with Gasteiger partial charge in [0, 0.05) is 53.2 Å². The normalized spacial score (nSPS) is 19.7. The highest BCUT2D eigenvalue weighted by atomic mass is 32.2. The van der Waals surface area contributed by atoms with Crippen LogP contribution in [-0.2, 0) is 35.9 Å². The Morgan fingerprint density at radius 2 is 1.40 bits per heavy atom. The number of allylic oxidation sites excluding steroid dienone is 5. The zero-order valence-electron chi connectivity index (χ0n) is 29.4. The summed E-state index contributed by atoms with van der Waals surface area (Å²) in [4.78, 5) is 16.0. The second-order valence-electron chi connectivity index (χ2n) is 14.7. The number of carbonyl (C=O) groups is 1. The largest absolute Gasteiger partial charge is 0.748 e. The van der Waals surface area contributed by atoms with Gasteiger partial charge < -0.3 is 14.6 Å². The number of benzene rings is 4. The van der Waals surface area contributed by atoms with Crippen molar-refractivity contribution in [1.29, 1.82) is 0 Å². The lowest BCUT2D eigenvalue weighted by atomic mass is 9.76. The van der Waals surface area contributed by atoms with E-state index in [1.165, 1.54) is 0 Å². The quantitative estimate of drug-likeness (QED) is 0.104. The summed E-state index contributed by atoms with van der Waals surface area (Å²) in [5.74, 6) is -1.51. The van der Waals surface area contributed by atoms with E-state index >= 15 is 0 Å². The lowest BCUT2D eigenvalue weighted by Gasteiger charge is -2.29. The molecule has 0 saturated carbocycles. The van der Waals surface area contributed by atoms with E-state index in [1.807, 2.05) is 110 Å². The van der Waals surface area contributed by atoms with Crippen molar-refractivity contribution in [2.75, 3.05) is 29.5 Å². The van der Waals surface area contributed by atoms with Gasteiger partial charge in [-0.2, -0.15) is 13.0 Å². The summed E-state index contributed by atoms with van der Waals surface area (Å²) in [5.41, 5.74) is 4.03. The van der Waals surface area contributed by atoms with E-state index in [1.54, 1.807) is 12.2 Å². The highest BCUT2D eigenvalue weighted by Crippen LogP contribution is 2.52. The number of aliphatic hydroxyl groups excluding tert-OH is 1. The Labute approximate surface area is 303 Å². The topological polar surface area (TPSA) is 155 Å². The van der Waals surface area contributed by atoms with Crippen molar-refractivity contribution in [3.63, 3.8) is 0 Å². The summed E-state index contributed by atoms with van der Waals surface area (Å²) in [6.45, 7) is 8.57. The minimum Gasteiger partial charge on any atom is -0.748 e. The molecule has 0 spiro atoms. The van der Waals surface area contributed by atoms with Gasteiger partial charge in [0.2, 0.25) is 11.5 Å². The fraction of sp³-hybridized carbons (Fsp3) is 0.300. The van der Waals surface area contributed by atoms with E-state index in [0.717, 1.165) is 44.0 Å². The number of hydrogen-bond donors (Lipinski definition) is 2. The predicted octanol–water partition coefficient (Wildman–Crippen LogP) is 6.59. The van der Waals surface area contributed by atoms with Crippen molar-refractivity contribution in [1.82, 2.24) is 0 Å². The van der Waals surface area contributed by atoms with Gasteiger partial charge in [0.1, 0.15) is 12.3 Å². The second kappa shape index (κ2) is 12.5. The van der Waals surface area contributed by atoms with Gasteiger partial charge in [-0.25, -0.2) is 8.42 Å². The summed E-state index contributed by atoms with van der Waals surface area (Å²) < 4.78 is 69.2. The van der Waals surface area contributed by atoms with Crippen LogP contribution in [0.2, 0.25) is 0 Å². The Balaban J connectivity index is 1.33. The fourth-order valence-corrected chi connectivity index (χ4v) is 9.24. The summed E-state index contributed by atoms with van der Waals surface area (Å²) in [6.07, 6.45) is 3.56. The molecule has 1 aliphatic carbocycles. The Hall–Kier alpha value is -4.62. The van der Waals surface area contributed by atoms with Crippen molar-refractivity contribution in [2.45, 2.75) is 51.4 Å². The molecule has 4 aromatic rings. The Morgan fingerprint density at radius 3 is 2.02 bits per heavy atom. The SMILES string of the molecule is CC1(C)C(=CC2=C(O)C(=CC3=[N+](CCCS(=O)(=O)[O-])c4ccc5ccccc5c4C3(C)C)C2=O)N(CCCS(=O)(=O)O)c2ccc3ccccc3c21. The molecule has 12 heteroatoms. The number of ketones is 1. The van der Waals surface area contributed by atoms with Crippen LogP contribution < -0.4 is 4.90 Å². The van der Waals surface area contributed by atoms with Gasteiger partial charge in [-0.1, -0.05) is 68.4 Å². The van der Waals surface area contributed by atoms with Gasteiger partial charge in [0.25, 0.3) is 10.1 Å². The van der Waals surface area contributed by atoms with Crippen LogP contribution in [-0.4, -0.2) is 71.7 Å². The van der Waals surface area contributed by atoms with Gasteiger partial charge in [-0.15, -0.1) is 0 Å². The third-order valence-electron chi connectivity index (χ3n) is 10.6. The number of nitrogens with zero attached hydrogens (tertiary/aromatic N) is 2. The maximum atomic E-state index is 14.0. The monoisotopic (exact) mass is 740 g/mol. The van der Waals surface area contributed by atoms with Crippen LogP contribution in [0.1, 0.15) is 51.7 Å². The lowest BCUT2D eigenvalue weighted by molar-refractivity contribution is -0.437. The molecule has 52 heavy (non-hydrogen) atoms. The molecule has 0 radical (unpaired) electrons. The number of rotatable bonds is 10.